The monoisotopic (exact) mass is 526 g/mol. The van der Waals surface area contributed by atoms with Crippen molar-refractivity contribution >= 4 is 28.4 Å². The first-order valence-electron chi connectivity index (χ1n) is 11.7. The summed E-state index contributed by atoms with van der Waals surface area (Å²) in [6.07, 6.45) is 1.48. The molecule has 1 aliphatic rings. The Hall–Kier alpha value is -2.86. The largest absolute Gasteiger partial charge is 0.487 e. The van der Waals surface area contributed by atoms with Crippen molar-refractivity contribution in [3.63, 3.8) is 0 Å². The van der Waals surface area contributed by atoms with Crippen LogP contribution in [0.3, 0.4) is 0 Å². The molecule has 202 valence electrons. The summed E-state index contributed by atoms with van der Waals surface area (Å²) in [4.78, 5) is 29.8. The zero-order valence-electron chi connectivity index (χ0n) is 22.2. The van der Waals surface area contributed by atoms with E-state index in [1.807, 2.05) is 20.8 Å². The number of hydrogen-bond donors (Lipinski definition) is 4. The van der Waals surface area contributed by atoms with Gasteiger partial charge in [-0.3, -0.25) is 10.4 Å². The number of rotatable bonds is 10. The third-order valence-electron chi connectivity index (χ3n) is 5.68. The number of hydrazine groups is 1. The molecular formula is C24H38N4O7S. The number of amides is 1. The number of alkyl carbamates (subject to hydrolysis) is 1. The van der Waals surface area contributed by atoms with Gasteiger partial charge in [0.1, 0.15) is 23.0 Å². The van der Waals surface area contributed by atoms with Crippen LogP contribution in [0.15, 0.2) is 9.89 Å². The molecule has 0 unspecified atom stereocenters. The molecule has 0 fully saturated rings. The number of carbonyl (C=O) groups is 2. The summed E-state index contributed by atoms with van der Waals surface area (Å²) in [5.41, 5.74) is 4.31. The molecule has 1 aliphatic heterocycles. The Kier molecular flexibility index (Phi) is 9.00. The second-order valence-electron chi connectivity index (χ2n) is 10.5. The van der Waals surface area contributed by atoms with Gasteiger partial charge in [0.05, 0.1) is 11.2 Å². The van der Waals surface area contributed by atoms with Crippen molar-refractivity contribution < 1.29 is 32.6 Å². The first kappa shape index (κ1) is 29.4. The summed E-state index contributed by atoms with van der Waals surface area (Å²) in [5, 5.41) is 11.6. The average Bonchev–Trinajstić information content (AvgIpc) is 3.05. The van der Waals surface area contributed by atoms with E-state index in [0.29, 0.717) is 24.0 Å². The van der Waals surface area contributed by atoms with Crippen molar-refractivity contribution in [3.8, 4) is 5.75 Å². The van der Waals surface area contributed by atoms with Gasteiger partial charge in [-0.05, 0) is 84.9 Å². The van der Waals surface area contributed by atoms with Crippen LogP contribution in [-0.2, 0) is 26.0 Å². The smallest absolute Gasteiger partial charge is 0.408 e. The third-order valence-corrected chi connectivity index (χ3v) is 7.22. The topological polar surface area (TPSA) is 155 Å². The van der Waals surface area contributed by atoms with Gasteiger partial charge in [0.2, 0.25) is 0 Å². The van der Waals surface area contributed by atoms with Crippen LogP contribution in [0.2, 0.25) is 0 Å². The van der Waals surface area contributed by atoms with Crippen LogP contribution in [0.5, 0.6) is 5.75 Å². The molecule has 1 amide bonds. The predicted molar refractivity (Wildman–Crippen MR) is 136 cm³/mol. The van der Waals surface area contributed by atoms with E-state index in [4.69, 9.17) is 9.47 Å². The zero-order chi connectivity index (χ0) is 27.5. The number of aliphatic carboxylic acids is 1. The summed E-state index contributed by atoms with van der Waals surface area (Å²) < 4.78 is 37.2. The van der Waals surface area contributed by atoms with Crippen LogP contribution in [0, 0.1) is 20.8 Å². The van der Waals surface area contributed by atoms with Crippen molar-refractivity contribution in [1.29, 1.82) is 0 Å². The lowest BCUT2D eigenvalue weighted by Crippen LogP contribution is -2.43. The Bertz CT molecular complexity index is 1140. The molecule has 11 nitrogen and oxygen atoms in total. The fourth-order valence-corrected chi connectivity index (χ4v) is 5.40. The highest BCUT2D eigenvalue weighted by Crippen LogP contribution is 2.43. The number of nitrogens with one attached hydrogen (secondary N) is 3. The quantitative estimate of drug-likeness (QED) is 0.157. The van der Waals surface area contributed by atoms with Gasteiger partial charge in [-0.1, -0.05) is 0 Å². The number of carbonyl (C=O) groups excluding carboxylic acids is 1. The summed E-state index contributed by atoms with van der Waals surface area (Å²) in [7, 11) is -3.90. The van der Waals surface area contributed by atoms with Gasteiger partial charge >= 0.3 is 12.1 Å². The highest BCUT2D eigenvalue weighted by molar-refractivity contribution is 7.89. The van der Waals surface area contributed by atoms with Crippen LogP contribution in [0.4, 0.5) is 4.79 Å². The van der Waals surface area contributed by atoms with E-state index in [9.17, 15) is 23.1 Å². The fourth-order valence-electron chi connectivity index (χ4n) is 4.01. The number of aliphatic imine (C=N–C) groups is 1. The highest BCUT2D eigenvalue weighted by Gasteiger charge is 2.36. The summed E-state index contributed by atoms with van der Waals surface area (Å²) in [6, 6.07) is -1.12. The Labute approximate surface area is 213 Å². The van der Waals surface area contributed by atoms with Crippen molar-refractivity contribution in [2.24, 2.45) is 4.99 Å². The lowest BCUT2D eigenvalue weighted by atomic mass is 9.94. The van der Waals surface area contributed by atoms with Crippen LogP contribution in [0.25, 0.3) is 0 Å². The fraction of sp³-hybridized carbons (Fsp3) is 0.625. The molecule has 4 N–H and O–H groups in total. The second kappa shape index (κ2) is 11.0. The van der Waals surface area contributed by atoms with Gasteiger partial charge in [0.15, 0.2) is 0 Å². The number of ether oxygens (including phenoxy) is 2. The number of benzene rings is 1. The van der Waals surface area contributed by atoms with Gasteiger partial charge in [0.25, 0.3) is 10.0 Å². The Morgan fingerprint density at radius 2 is 1.83 bits per heavy atom. The van der Waals surface area contributed by atoms with Crippen molar-refractivity contribution in [1.82, 2.24) is 15.6 Å². The third kappa shape index (κ3) is 7.57. The van der Waals surface area contributed by atoms with Crippen LogP contribution in [0.1, 0.15) is 69.7 Å². The molecule has 1 heterocycles. The number of sulfonamides is 1. The molecule has 0 bridgehead atoms. The summed E-state index contributed by atoms with van der Waals surface area (Å²) in [6.45, 7) is 14.6. The molecule has 12 heteroatoms. The predicted octanol–water partition coefficient (Wildman–Crippen LogP) is 2.89. The molecule has 2 rings (SSSR count). The van der Waals surface area contributed by atoms with Gasteiger partial charge in [-0.25, -0.2) is 18.0 Å². The molecule has 0 aromatic heterocycles. The SMILES string of the molecule is Cc1c(C)c(S(=O)(=O)NNC=NCCC[C@H](NC(=O)OC(C)(C)C)C(=O)O)c(C)c2c1OC(C)(C)C2. The molecule has 0 radical (unpaired) electrons. The Morgan fingerprint density at radius 3 is 2.42 bits per heavy atom. The summed E-state index contributed by atoms with van der Waals surface area (Å²) in [5.74, 6) is -0.427. The van der Waals surface area contributed by atoms with Gasteiger partial charge in [-0.15, -0.1) is 4.83 Å². The molecule has 0 saturated carbocycles. The van der Waals surface area contributed by atoms with E-state index in [-0.39, 0.29) is 17.9 Å². The number of carboxylic acid groups (broad SMARTS) is 1. The minimum absolute atomic E-state index is 0.128. The van der Waals surface area contributed by atoms with Crippen molar-refractivity contribution in [2.45, 2.75) is 96.8 Å². The van der Waals surface area contributed by atoms with Gasteiger partial charge in [-0.2, -0.15) is 0 Å². The molecule has 0 spiro atoms. The maximum Gasteiger partial charge on any atom is 0.408 e. The van der Waals surface area contributed by atoms with Gasteiger partial charge < -0.3 is 19.9 Å². The first-order valence-corrected chi connectivity index (χ1v) is 13.2. The molecule has 1 aromatic rings. The van der Waals surface area contributed by atoms with Crippen molar-refractivity contribution in [2.75, 3.05) is 6.54 Å². The molecule has 36 heavy (non-hydrogen) atoms. The normalized spacial score (nSPS) is 15.8. The Balaban J connectivity index is 1.93. The second-order valence-corrected chi connectivity index (χ2v) is 12.1. The first-order chi connectivity index (χ1) is 16.4. The minimum atomic E-state index is -3.90. The number of carboxylic acids is 1. The van der Waals surface area contributed by atoms with E-state index >= 15 is 0 Å². The van der Waals surface area contributed by atoms with E-state index in [1.54, 1.807) is 34.6 Å². The molecule has 1 aromatic carbocycles. The molecule has 0 aliphatic carbocycles. The number of hydrogen-bond acceptors (Lipinski definition) is 7. The van der Waals surface area contributed by atoms with Gasteiger partial charge in [0, 0.05) is 18.5 Å². The molecular weight excluding hydrogens is 488 g/mol. The average molecular weight is 527 g/mol. The van der Waals surface area contributed by atoms with E-state index in [0.717, 1.165) is 16.9 Å². The van der Waals surface area contributed by atoms with E-state index in [2.05, 4.69) is 20.6 Å². The molecule has 0 saturated heterocycles. The lowest BCUT2D eigenvalue weighted by molar-refractivity contribution is -0.139. The van der Waals surface area contributed by atoms with Crippen molar-refractivity contribution in [3.05, 3.63) is 22.3 Å². The minimum Gasteiger partial charge on any atom is -0.487 e. The molecule has 1 atom stereocenters. The summed E-state index contributed by atoms with van der Waals surface area (Å²) >= 11 is 0. The van der Waals surface area contributed by atoms with Crippen LogP contribution < -0.4 is 20.3 Å². The maximum atomic E-state index is 13.0. The van der Waals surface area contributed by atoms with Crippen LogP contribution in [-0.4, -0.2) is 55.7 Å². The maximum absolute atomic E-state index is 13.0. The number of nitrogens with zero attached hydrogens (tertiary/aromatic N) is 1. The Morgan fingerprint density at radius 1 is 1.19 bits per heavy atom. The van der Waals surface area contributed by atoms with E-state index < -0.39 is 39.3 Å². The standard InChI is InChI=1S/C24H38N4O7S/c1-14-15(2)20(16(3)17-12-24(7,8)34-19(14)17)36(32,33)28-26-13-25-11-9-10-18(21(29)30)27-22(31)35-23(4,5)6/h13,18,28H,9-12H2,1-8H3,(H,25,26)(H,27,31)(H,29,30)/t18-/m0/s1. The van der Waals surface area contributed by atoms with Crippen LogP contribution >= 0.6 is 0 Å². The zero-order valence-corrected chi connectivity index (χ0v) is 23.1. The number of fused-ring (bicyclic) bond motifs is 1. The van der Waals surface area contributed by atoms with E-state index in [1.165, 1.54) is 6.34 Å². The highest BCUT2D eigenvalue weighted by atomic mass is 32.2. The lowest BCUT2D eigenvalue weighted by Gasteiger charge is -2.21.